The van der Waals surface area contributed by atoms with E-state index in [2.05, 4.69) is 26.6 Å². The Hall–Kier alpha value is -5.27. The Morgan fingerprint density at radius 1 is 0.923 bits per heavy atom. The Morgan fingerprint density at radius 2 is 1.65 bits per heavy atom. The molecule has 0 radical (unpaired) electrons. The van der Waals surface area contributed by atoms with Crippen molar-refractivity contribution in [3.8, 4) is 5.75 Å². The zero-order valence-corrected chi connectivity index (χ0v) is 30.4. The van der Waals surface area contributed by atoms with Crippen LogP contribution in [0, 0.1) is 0 Å². The Bertz CT molecular complexity index is 1560. The van der Waals surface area contributed by atoms with Crippen LogP contribution in [-0.4, -0.2) is 78.7 Å². The Balaban J connectivity index is 1.69. The van der Waals surface area contributed by atoms with Crippen LogP contribution in [0.5, 0.6) is 5.75 Å². The van der Waals surface area contributed by atoms with Gasteiger partial charge in [-0.2, -0.15) is 0 Å². The molecule has 3 atom stereocenters. The molecule has 3 unspecified atom stereocenters. The zero-order chi connectivity index (χ0) is 38.1. The number of fused-ring (bicyclic) bond motifs is 2. The van der Waals surface area contributed by atoms with Crippen molar-refractivity contribution in [2.24, 2.45) is 0 Å². The lowest BCUT2D eigenvalue weighted by Gasteiger charge is -2.25. The van der Waals surface area contributed by atoms with Crippen molar-refractivity contribution in [2.75, 3.05) is 19.7 Å². The van der Waals surface area contributed by atoms with Gasteiger partial charge in [0.25, 0.3) is 5.91 Å². The van der Waals surface area contributed by atoms with E-state index in [1.807, 2.05) is 0 Å². The van der Waals surface area contributed by atoms with Gasteiger partial charge in [-0.1, -0.05) is 68.7 Å². The topological polar surface area (TPSA) is 198 Å². The molecular weight excluding hydrogens is 670 g/mol. The number of nitrogens with one attached hydrogen (secondary N) is 5. The molecule has 1 heterocycles. The lowest BCUT2D eigenvalue weighted by Crippen LogP contribution is -2.55. The summed E-state index contributed by atoms with van der Waals surface area (Å²) < 4.78 is 11.3. The van der Waals surface area contributed by atoms with E-state index in [-0.39, 0.29) is 31.7 Å². The predicted molar refractivity (Wildman–Crippen MR) is 192 cm³/mol. The lowest BCUT2D eigenvalue weighted by molar-refractivity contribution is -0.158. The van der Waals surface area contributed by atoms with E-state index < -0.39 is 65.7 Å². The molecule has 1 aliphatic heterocycles. The highest BCUT2D eigenvalue weighted by molar-refractivity contribution is 6.38. The maximum atomic E-state index is 13.6. The minimum atomic E-state index is -1.27. The maximum Gasteiger partial charge on any atom is 0.333 e. The highest BCUT2D eigenvalue weighted by atomic mass is 16.6. The summed E-state index contributed by atoms with van der Waals surface area (Å²) in [6.07, 6.45) is 4.02. The van der Waals surface area contributed by atoms with Gasteiger partial charge in [0, 0.05) is 12.8 Å². The molecule has 0 aromatic heterocycles. The molecule has 0 fully saturated rings. The van der Waals surface area contributed by atoms with Crippen LogP contribution in [0.3, 0.4) is 0 Å². The number of carbonyl (C=O) groups is 7. The molecule has 2 bridgehead atoms. The summed E-state index contributed by atoms with van der Waals surface area (Å²) in [5, 5.41) is 12.6. The van der Waals surface area contributed by atoms with Crippen LogP contribution in [0.4, 0.5) is 0 Å². The predicted octanol–water partition coefficient (Wildman–Crippen LogP) is 2.34. The molecule has 1 aliphatic rings. The normalized spacial score (nSPS) is 17.0. The summed E-state index contributed by atoms with van der Waals surface area (Å²) in [4.78, 5) is 90.9. The molecule has 2 aromatic carbocycles. The Kier molecular flexibility index (Phi) is 16.3. The number of hydrogen-bond donors (Lipinski definition) is 5. The number of benzene rings is 2. The third-order valence-corrected chi connectivity index (χ3v) is 7.93. The zero-order valence-electron chi connectivity index (χ0n) is 30.4. The van der Waals surface area contributed by atoms with E-state index in [0.717, 1.165) is 19.3 Å². The second-order valence-corrected chi connectivity index (χ2v) is 13.6. The third kappa shape index (κ3) is 14.5. The smallest absolute Gasteiger partial charge is 0.333 e. The number of esters is 1. The molecule has 2 aromatic rings. The molecule has 0 saturated heterocycles. The average molecular weight is 722 g/mol. The van der Waals surface area contributed by atoms with Gasteiger partial charge in [-0.25, -0.2) is 4.79 Å². The molecule has 0 spiro atoms. The van der Waals surface area contributed by atoms with E-state index in [1.54, 1.807) is 82.3 Å². The monoisotopic (exact) mass is 721 g/mol. The molecule has 14 heteroatoms. The Labute approximate surface area is 304 Å². The summed E-state index contributed by atoms with van der Waals surface area (Å²) in [5.74, 6) is -4.56. The highest BCUT2D eigenvalue weighted by Gasteiger charge is 2.32. The SMILES string of the molecule is CCCC(NC(=O)C1Cc2cccc(c2)OCCCCCCC(=O)NCC(=O)N1)C(=O)C(=O)NCC(=O)NC(C(=O)OC(C)(C)C)c1ccccc1. The third-order valence-electron chi connectivity index (χ3n) is 7.93. The summed E-state index contributed by atoms with van der Waals surface area (Å²) in [6.45, 7) is 6.36. The van der Waals surface area contributed by atoms with E-state index in [0.29, 0.717) is 36.3 Å². The van der Waals surface area contributed by atoms with E-state index in [4.69, 9.17) is 9.47 Å². The average Bonchev–Trinajstić information content (AvgIpc) is 3.10. The van der Waals surface area contributed by atoms with Crippen molar-refractivity contribution < 1.29 is 43.0 Å². The minimum absolute atomic E-state index is 0.0301. The number of hydrogen-bond acceptors (Lipinski definition) is 9. The van der Waals surface area contributed by atoms with E-state index >= 15 is 0 Å². The fourth-order valence-electron chi connectivity index (χ4n) is 5.38. The number of ketones is 1. The van der Waals surface area contributed by atoms with Gasteiger partial charge < -0.3 is 36.1 Å². The van der Waals surface area contributed by atoms with Crippen LogP contribution in [0.2, 0.25) is 0 Å². The summed E-state index contributed by atoms with van der Waals surface area (Å²) in [5.41, 5.74) is 0.315. The van der Waals surface area contributed by atoms with E-state index in [1.165, 1.54) is 0 Å². The summed E-state index contributed by atoms with van der Waals surface area (Å²) >= 11 is 0. The fraction of sp³-hybridized carbons (Fsp3) is 0.500. The van der Waals surface area contributed by atoms with Gasteiger partial charge in [-0.05, 0) is 63.3 Å². The minimum Gasteiger partial charge on any atom is -0.494 e. The van der Waals surface area contributed by atoms with Gasteiger partial charge in [-0.3, -0.25) is 28.8 Å². The number of ether oxygens (including phenoxy) is 2. The number of carbonyl (C=O) groups excluding carboxylic acids is 7. The first-order valence-electron chi connectivity index (χ1n) is 17.7. The lowest BCUT2D eigenvalue weighted by atomic mass is 10.0. The number of Topliss-reactive ketones (excluding diaryl/α,β-unsaturated/α-hetero) is 1. The van der Waals surface area contributed by atoms with Crippen LogP contribution < -0.4 is 31.3 Å². The standard InChI is InChI=1S/C38H51N5O9/c1-5-14-28(34(47)36(49)40-24-32(46)43-33(26-16-9-8-10-17-26)37(50)52-38(2,3)4)42-35(48)29-22-25-15-13-18-27(21-25)51-20-12-7-6-11-19-30(44)39-23-31(45)41-29/h8-10,13,15-18,21,28-29,33H,5-7,11-12,14,19-20,22-24H2,1-4H3,(H,39,44)(H,40,49)(H,41,45)(H,42,48)(H,43,46). The Morgan fingerprint density at radius 3 is 2.37 bits per heavy atom. The van der Waals surface area contributed by atoms with Crippen LogP contribution >= 0.6 is 0 Å². The molecule has 14 nitrogen and oxygen atoms in total. The van der Waals surface area contributed by atoms with Crippen molar-refractivity contribution in [3.63, 3.8) is 0 Å². The summed E-state index contributed by atoms with van der Waals surface area (Å²) in [7, 11) is 0. The van der Waals surface area contributed by atoms with Crippen molar-refractivity contribution in [1.29, 1.82) is 0 Å². The molecule has 282 valence electrons. The van der Waals surface area contributed by atoms with E-state index in [9.17, 15) is 33.6 Å². The summed E-state index contributed by atoms with van der Waals surface area (Å²) in [6, 6.07) is 11.9. The molecule has 0 saturated carbocycles. The second kappa shape index (κ2) is 20.5. The number of rotatable bonds is 11. The highest BCUT2D eigenvalue weighted by Crippen LogP contribution is 2.19. The van der Waals surface area contributed by atoms with Crippen LogP contribution in [0.25, 0.3) is 0 Å². The van der Waals surface area contributed by atoms with Crippen molar-refractivity contribution in [2.45, 2.75) is 103 Å². The molecular formula is C38H51N5O9. The molecule has 0 aliphatic carbocycles. The van der Waals surface area contributed by atoms with Crippen LogP contribution in [0.1, 0.15) is 89.8 Å². The molecule has 3 rings (SSSR count). The van der Waals surface area contributed by atoms with Gasteiger partial charge >= 0.3 is 5.97 Å². The second-order valence-electron chi connectivity index (χ2n) is 13.6. The molecule has 52 heavy (non-hydrogen) atoms. The van der Waals surface area contributed by atoms with Gasteiger partial charge in [0.15, 0.2) is 6.04 Å². The van der Waals surface area contributed by atoms with Crippen molar-refractivity contribution in [1.82, 2.24) is 26.6 Å². The maximum absolute atomic E-state index is 13.6. The largest absolute Gasteiger partial charge is 0.494 e. The van der Waals surface area contributed by atoms with Gasteiger partial charge in [0.2, 0.25) is 29.4 Å². The van der Waals surface area contributed by atoms with Gasteiger partial charge in [-0.15, -0.1) is 0 Å². The fourth-order valence-corrected chi connectivity index (χ4v) is 5.38. The number of amides is 5. The van der Waals surface area contributed by atoms with Crippen molar-refractivity contribution >= 4 is 41.3 Å². The molecule has 5 N–H and O–H groups in total. The van der Waals surface area contributed by atoms with Crippen molar-refractivity contribution in [3.05, 3.63) is 65.7 Å². The quantitative estimate of drug-likeness (QED) is 0.171. The first-order valence-corrected chi connectivity index (χ1v) is 17.7. The van der Waals surface area contributed by atoms with Crippen LogP contribution in [-0.2, 0) is 44.7 Å². The van der Waals surface area contributed by atoms with Crippen LogP contribution in [0.15, 0.2) is 54.6 Å². The first kappa shape index (κ1) is 41.2. The van der Waals surface area contributed by atoms with Gasteiger partial charge in [0.05, 0.1) is 25.7 Å². The van der Waals surface area contributed by atoms with Gasteiger partial charge in [0.1, 0.15) is 17.4 Å². The first-order chi connectivity index (χ1) is 24.8. The molecule has 5 amide bonds.